The predicted molar refractivity (Wildman–Crippen MR) is 118 cm³/mol. The van der Waals surface area contributed by atoms with Gasteiger partial charge in [0.15, 0.2) is 0 Å². The van der Waals surface area contributed by atoms with E-state index in [0.717, 1.165) is 54.0 Å². The van der Waals surface area contributed by atoms with Crippen molar-refractivity contribution in [2.75, 3.05) is 13.1 Å². The van der Waals surface area contributed by atoms with Gasteiger partial charge in [0.1, 0.15) is 5.82 Å². The van der Waals surface area contributed by atoms with Crippen molar-refractivity contribution in [3.8, 4) is 0 Å². The molecule has 6 heteroatoms. The van der Waals surface area contributed by atoms with E-state index in [-0.39, 0.29) is 29.8 Å². The van der Waals surface area contributed by atoms with E-state index in [1.807, 2.05) is 29.2 Å². The van der Waals surface area contributed by atoms with Crippen molar-refractivity contribution in [3.05, 3.63) is 30.1 Å². The number of aromatic nitrogens is 2. The molecule has 1 aliphatic heterocycles. The molecule has 2 amide bonds. The summed E-state index contributed by atoms with van der Waals surface area (Å²) in [6.45, 7) is 0.827. The minimum Gasteiger partial charge on any atom is -0.347 e. The summed E-state index contributed by atoms with van der Waals surface area (Å²) in [4.78, 5) is 35.8. The van der Waals surface area contributed by atoms with Gasteiger partial charge in [-0.15, -0.1) is 0 Å². The molecule has 0 spiro atoms. The molecule has 7 rings (SSSR count). The number of nitrogens with zero attached hydrogens (tertiary/aromatic N) is 2. The fourth-order valence-electron chi connectivity index (χ4n) is 7.67. The molecule has 1 aromatic heterocycles. The molecular weight excluding hydrogens is 388 g/mol. The number of carbonyl (C=O) groups is 2. The maximum atomic E-state index is 13.0. The number of rotatable bonds is 5. The summed E-state index contributed by atoms with van der Waals surface area (Å²) in [5.74, 6) is 3.45. The highest BCUT2D eigenvalue weighted by atomic mass is 16.2. The molecule has 5 fully saturated rings. The number of likely N-dealkylation sites (tertiary alicyclic amines) is 1. The summed E-state index contributed by atoms with van der Waals surface area (Å²) < 4.78 is 0. The molecule has 4 bridgehead atoms. The van der Waals surface area contributed by atoms with Gasteiger partial charge in [-0.05, 0) is 86.7 Å². The highest BCUT2D eigenvalue weighted by Crippen LogP contribution is 2.61. The van der Waals surface area contributed by atoms with E-state index in [2.05, 4.69) is 10.3 Å². The number of para-hydroxylation sites is 2. The van der Waals surface area contributed by atoms with Crippen LogP contribution in [-0.2, 0) is 9.59 Å². The van der Waals surface area contributed by atoms with E-state index >= 15 is 0 Å². The van der Waals surface area contributed by atoms with Crippen LogP contribution in [0.3, 0.4) is 0 Å². The first-order valence-corrected chi connectivity index (χ1v) is 12.1. The largest absolute Gasteiger partial charge is 0.347 e. The SMILES string of the molecule is O=C(CC12CC3CC(CC(C3)C1)C2)NCC(=O)N1CCCC1c1nc2ccccc2[nH]1. The third kappa shape index (κ3) is 3.54. The van der Waals surface area contributed by atoms with Crippen molar-refractivity contribution in [2.24, 2.45) is 23.2 Å². The minimum absolute atomic E-state index is 0.00168. The number of fused-ring (bicyclic) bond motifs is 1. The van der Waals surface area contributed by atoms with Gasteiger partial charge in [0, 0.05) is 13.0 Å². The monoisotopic (exact) mass is 420 g/mol. The molecule has 2 N–H and O–H groups in total. The number of hydrogen-bond acceptors (Lipinski definition) is 3. The molecule has 1 aromatic carbocycles. The highest BCUT2D eigenvalue weighted by molar-refractivity contribution is 5.85. The smallest absolute Gasteiger partial charge is 0.242 e. The number of hydrogen-bond donors (Lipinski definition) is 2. The number of nitrogens with one attached hydrogen (secondary N) is 2. The predicted octanol–water partition coefficient (Wildman–Crippen LogP) is 3.95. The lowest BCUT2D eigenvalue weighted by atomic mass is 9.49. The molecule has 4 aliphatic carbocycles. The summed E-state index contributed by atoms with van der Waals surface area (Å²) in [7, 11) is 0. The number of carbonyl (C=O) groups excluding carboxylic acids is 2. The Kier molecular flexibility index (Phi) is 4.58. The van der Waals surface area contributed by atoms with Crippen LogP contribution < -0.4 is 5.32 Å². The molecular formula is C25H32N4O2. The first-order chi connectivity index (χ1) is 15.1. The topological polar surface area (TPSA) is 78.1 Å². The van der Waals surface area contributed by atoms with Crippen molar-refractivity contribution in [1.82, 2.24) is 20.2 Å². The van der Waals surface area contributed by atoms with E-state index in [0.29, 0.717) is 6.42 Å². The van der Waals surface area contributed by atoms with Gasteiger partial charge < -0.3 is 15.2 Å². The average Bonchev–Trinajstić information content (AvgIpc) is 3.37. The number of imidazole rings is 1. The third-order valence-corrected chi connectivity index (χ3v) is 8.43. The highest BCUT2D eigenvalue weighted by Gasteiger charge is 2.51. The van der Waals surface area contributed by atoms with E-state index in [1.54, 1.807) is 0 Å². The Morgan fingerprint density at radius 1 is 1.10 bits per heavy atom. The van der Waals surface area contributed by atoms with Gasteiger partial charge in [0.25, 0.3) is 0 Å². The Morgan fingerprint density at radius 2 is 1.81 bits per heavy atom. The Balaban J connectivity index is 1.08. The van der Waals surface area contributed by atoms with Crippen LogP contribution in [0.2, 0.25) is 0 Å². The van der Waals surface area contributed by atoms with Gasteiger partial charge in [-0.2, -0.15) is 0 Å². The van der Waals surface area contributed by atoms with Crippen LogP contribution in [0.4, 0.5) is 0 Å². The molecule has 164 valence electrons. The Hall–Kier alpha value is -2.37. The zero-order valence-corrected chi connectivity index (χ0v) is 18.1. The second-order valence-electron chi connectivity index (χ2n) is 10.8. The molecule has 0 radical (unpaired) electrons. The van der Waals surface area contributed by atoms with Crippen LogP contribution in [0.5, 0.6) is 0 Å². The molecule has 31 heavy (non-hydrogen) atoms. The Labute approximate surface area is 183 Å². The summed E-state index contributed by atoms with van der Waals surface area (Å²) in [6.07, 6.45) is 10.3. The summed E-state index contributed by atoms with van der Waals surface area (Å²) in [5, 5.41) is 2.97. The van der Waals surface area contributed by atoms with Crippen LogP contribution >= 0.6 is 0 Å². The van der Waals surface area contributed by atoms with Crippen LogP contribution in [-0.4, -0.2) is 39.8 Å². The Morgan fingerprint density at radius 3 is 2.52 bits per heavy atom. The third-order valence-electron chi connectivity index (χ3n) is 8.43. The standard InChI is InChI=1S/C25H32N4O2/c30-22(14-25-11-16-8-17(12-25)10-18(9-16)13-25)26-15-23(31)29-7-3-6-21(29)24-27-19-4-1-2-5-20(19)28-24/h1-2,4-5,16-18,21H,3,6-15H2,(H,26,30)(H,27,28). The van der Waals surface area contributed by atoms with Crippen LogP contribution in [0, 0.1) is 23.2 Å². The van der Waals surface area contributed by atoms with Crippen molar-refractivity contribution in [1.29, 1.82) is 0 Å². The number of benzene rings is 1. The van der Waals surface area contributed by atoms with Gasteiger partial charge in [-0.1, -0.05) is 12.1 Å². The number of amides is 2. The zero-order valence-electron chi connectivity index (χ0n) is 18.1. The zero-order chi connectivity index (χ0) is 21.0. The molecule has 1 atom stereocenters. The lowest BCUT2D eigenvalue weighted by Crippen LogP contribution is -2.48. The molecule has 1 saturated heterocycles. The normalized spacial score (nSPS) is 33.9. The number of H-pyrrole nitrogens is 1. The van der Waals surface area contributed by atoms with Gasteiger partial charge in [-0.3, -0.25) is 9.59 Å². The second-order valence-corrected chi connectivity index (χ2v) is 10.8. The minimum atomic E-state index is -0.0278. The van der Waals surface area contributed by atoms with Gasteiger partial charge in [-0.25, -0.2) is 4.98 Å². The van der Waals surface area contributed by atoms with E-state index in [9.17, 15) is 9.59 Å². The average molecular weight is 421 g/mol. The fourth-order valence-corrected chi connectivity index (χ4v) is 7.67. The first-order valence-electron chi connectivity index (χ1n) is 12.1. The lowest BCUT2D eigenvalue weighted by molar-refractivity contribution is -0.136. The van der Waals surface area contributed by atoms with E-state index < -0.39 is 0 Å². The molecule has 5 aliphatic rings. The van der Waals surface area contributed by atoms with Crippen molar-refractivity contribution in [3.63, 3.8) is 0 Å². The molecule has 6 nitrogen and oxygen atoms in total. The van der Waals surface area contributed by atoms with E-state index in [4.69, 9.17) is 4.98 Å². The Bertz CT molecular complexity index is 944. The molecule has 1 unspecified atom stereocenters. The van der Waals surface area contributed by atoms with Crippen LogP contribution in [0.15, 0.2) is 24.3 Å². The van der Waals surface area contributed by atoms with Gasteiger partial charge in [0.2, 0.25) is 11.8 Å². The van der Waals surface area contributed by atoms with Crippen molar-refractivity contribution in [2.45, 2.75) is 63.8 Å². The number of aromatic amines is 1. The quantitative estimate of drug-likeness (QED) is 0.769. The van der Waals surface area contributed by atoms with Crippen molar-refractivity contribution >= 4 is 22.8 Å². The summed E-state index contributed by atoms with van der Waals surface area (Å²) in [6, 6.07) is 7.93. The molecule has 4 saturated carbocycles. The maximum absolute atomic E-state index is 13.0. The summed E-state index contributed by atoms with van der Waals surface area (Å²) in [5.41, 5.74) is 2.15. The van der Waals surface area contributed by atoms with E-state index in [1.165, 1.54) is 38.5 Å². The second kappa shape index (κ2) is 7.35. The summed E-state index contributed by atoms with van der Waals surface area (Å²) >= 11 is 0. The van der Waals surface area contributed by atoms with Crippen LogP contribution in [0.25, 0.3) is 11.0 Å². The lowest BCUT2D eigenvalue weighted by Gasteiger charge is -2.56. The van der Waals surface area contributed by atoms with Gasteiger partial charge in [0.05, 0.1) is 23.6 Å². The van der Waals surface area contributed by atoms with Crippen LogP contribution in [0.1, 0.15) is 69.7 Å². The maximum Gasteiger partial charge on any atom is 0.242 e. The molecule has 2 aromatic rings. The first kappa shape index (κ1) is 19.3. The fraction of sp³-hybridized carbons (Fsp3) is 0.640. The van der Waals surface area contributed by atoms with Gasteiger partial charge >= 0.3 is 0 Å². The van der Waals surface area contributed by atoms with Crippen molar-refractivity contribution < 1.29 is 9.59 Å². The molecule has 2 heterocycles.